The predicted octanol–water partition coefficient (Wildman–Crippen LogP) is 3.82. The fourth-order valence-electron chi connectivity index (χ4n) is 3.28. The molecule has 1 aromatic carbocycles. The first-order valence-corrected chi connectivity index (χ1v) is 9.66. The van der Waals surface area contributed by atoms with E-state index in [2.05, 4.69) is 78.1 Å². The normalized spacial score (nSPS) is 16.9. The van der Waals surface area contributed by atoms with E-state index in [1.165, 1.54) is 11.3 Å². The van der Waals surface area contributed by atoms with Gasteiger partial charge in [0.25, 0.3) is 0 Å². The second kappa shape index (κ2) is 8.08. The largest absolute Gasteiger partial charge is 0.374 e. The number of nitrogens with one attached hydrogen (secondary N) is 1. The van der Waals surface area contributed by atoms with Crippen molar-refractivity contribution in [3.63, 3.8) is 0 Å². The number of aromatic nitrogens is 2. The number of hydrogen-bond acceptors (Lipinski definition) is 6. The number of likely N-dealkylation sites (N-methyl/N-ethyl adjacent to an activating group) is 1. The lowest BCUT2D eigenvalue weighted by atomic mass is 10.1. The van der Waals surface area contributed by atoms with Crippen molar-refractivity contribution in [1.82, 2.24) is 15.0 Å². The molecule has 0 saturated carbocycles. The highest BCUT2D eigenvalue weighted by Gasteiger charge is 2.18. The van der Waals surface area contributed by atoms with Gasteiger partial charge in [-0.3, -0.25) is 0 Å². The summed E-state index contributed by atoms with van der Waals surface area (Å²) < 4.78 is 5.40. The van der Waals surface area contributed by atoms with Gasteiger partial charge in [-0.1, -0.05) is 25.9 Å². The second-order valence-electron chi connectivity index (χ2n) is 7.43. The SMILES string of the molecule is CCN1CCN(c2ccc(N[C@@H](C)c3nc(C(C)C)no3)c(C)c2)CC1. The number of anilines is 2. The van der Waals surface area contributed by atoms with E-state index in [0.29, 0.717) is 5.89 Å². The molecule has 3 rings (SSSR count). The lowest BCUT2D eigenvalue weighted by Gasteiger charge is -2.35. The molecule has 26 heavy (non-hydrogen) atoms. The van der Waals surface area contributed by atoms with E-state index in [1.807, 2.05) is 0 Å². The minimum Gasteiger partial charge on any atom is -0.374 e. The van der Waals surface area contributed by atoms with Crippen molar-refractivity contribution in [3.8, 4) is 0 Å². The second-order valence-corrected chi connectivity index (χ2v) is 7.43. The van der Waals surface area contributed by atoms with Gasteiger partial charge in [-0.15, -0.1) is 0 Å². The number of hydrogen-bond donors (Lipinski definition) is 1. The molecule has 6 nitrogen and oxygen atoms in total. The maximum atomic E-state index is 5.40. The van der Waals surface area contributed by atoms with Crippen LogP contribution in [0, 0.1) is 6.92 Å². The van der Waals surface area contributed by atoms with Crippen LogP contribution in [-0.4, -0.2) is 47.8 Å². The van der Waals surface area contributed by atoms with E-state index in [4.69, 9.17) is 4.52 Å². The van der Waals surface area contributed by atoms with Crippen LogP contribution < -0.4 is 10.2 Å². The number of aryl methyl sites for hydroxylation is 1. The van der Waals surface area contributed by atoms with Crippen molar-refractivity contribution in [2.45, 2.75) is 46.6 Å². The highest BCUT2D eigenvalue weighted by molar-refractivity contribution is 5.60. The molecule has 0 unspecified atom stereocenters. The van der Waals surface area contributed by atoms with Crippen molar-refractivity contribution < 1.29 is 4.52 Å². The van der Waals surface area contributed by atoms with Crippen LogP contribution in [-0.2, 0) is 0 Å². The lowest BCUT2D eigenvalue weighted by Crippen LogP contribution is -2.46. The van der Waals surface area contributed by atoms with Crippen LogP contribution in [0.15, 0.2) is 22.7 Å². The third-order valence-corrected chi connectivity index (χ3v) is 5.11. The van der Waals surface area contributed by atoms with Crippen molar-refractivity contribution in [1.29, 1.82) is 0 Å². The number of piperazine rings is 1. The fraction of sp³-hybridized carbons (Fsp3) is 0.600. The quantitative estimate of drug-likeness (QED) is 0.848. The number of nitrogens with zero attached hydrogens (tertiary/aromatic N) is 4. The van der Waals surface area contributed by atoms with Gasteiger partial charge in [0.1, 0.15) is 6.04 Å². The molecule has 1 N–H and O–H groups in total. The van der Waals surface area contributed by atoms with E-state index < -0.39 is 0 Å². The Labute approximate surface area is 156 Å². The molecule has 1 aliphatic rings. The first kappa shape index (κ1) is 18.7. The van der Waals surface area contributed by atoms with Gasteiger partial charge >= 0.3 is 0 Å². The summed E-state index contributed by atoms with van der Waals surface area (Å²) in [6.45, 7) is 16.2. The van der Waals surface area contributed by atoms with Crippen LogP contribution in [0.25, 0.3) is 0 Å². The molecular formula is C20H31N5O. The van der Waals surface area contributed by atoms with Gasteiger partial charge in [-0.05, 0) is 44.2 Å². The van der Waals surface area contributed by atoms with E-state index in [-0.39, 0.29) is 12.0 Å². The van der Waals surface area contributed by atoms with E-state index in [1.54, 1.807) is 0 Å². The van der Waals surface area contributed by atoms with Crippen molar-refractivity contribution >= 4 is 11.4 Å². The summed E-state index contributed by atoms with van der Waals surface area (Å²) in [5.41, 5.74) is 3.64. The molecule has 0 amide bonds. The van der Waals surface area contributed by atoms with Gasteiger partial charge in [0.2, 0.25) is 5.89 Å². The minimum absolute atomic E-state index is 0.0207. The molecule has 142 valence electrons. The van der Waals surface area contributed by atoms with Gasteiger partial charge < -0.3 is 19.6 Å². The molecule has 0 radical (unpaired) electrons. The molecule has 2 aromatic rings. The van der Waals surface area contributed by atoms with E-state index in [9.17, 15) is 0 Å². The predicted molar refractivity (Wildman–Crippen MR) is 106 cm³/mol. The summed E-state index contributed by atoms with van der Waals surface area (Å²) in [5, 5.41) is 7.55. The summed E-state index contributed by atoms with van der Waals surface area (Å²) in [5.74, 6) is 1.66. The van der Waals surface area contributed by atoms with Crippen LogP contribution >= 0.6 is 0 Å². The van der Waals surface area contributed by atoms with Gasteiger partial charge in [0.15, 0.2) is 5.82 Å². The van der Waals surface area contributed by atoms with Crippen LogP contribution in [0.1, 0.15) is 56.9 Å². The van der Waals surface area contributed by atoms with Gasteiger partial charge in [0.05, 0.1) is 0 Å². The molecule has 0 aliphatic carbocycles. The molecule has 0 spiro atoms. The Hall–Kier alpha value is -2.08. The maximum Gasteiger partial charge on any atom is 0.248 e. The standard InChI is InChI=1S/C20H31N5O/c1-6-24-9-11-25(12-10-24)17-7-8-18(15(4)13-17)21-16(5)20-22-19(14(2)3)23-26-20/h7-8,13-14,16,21H,6,9-12H2,1-5H3/t16-/m0/s1. The van der Waals surface area contributed by atoms with Gasteiger partial charge in [-0.2, -0.15) is 4.98 Å². The topological polar surface area (TPSA) is 57.4 Å². The van der Waals surface area contributed by atoms with Crippen molar-refractivity contribution in [3.05, 3.63) is 35.5 Å². The Bertz CT molecular complexity index is 719. The average Bonchev–Trinajstić information content (AvgIpc) is 3.14. The summed E-state index contributed by atoms with van der Waals surface area (Å²) in [6.07, 6.45) is 0. The molecule has 1 aliphatic heterocycles. The Morgan fingerprint density at radius 2 is 1.88 bits per heavy atom. The Morgan fingerprint density at radius 3 is 2.46 bits per heavy atom. The highest BCUT2D eigenvalue weighted by atomic mass is 16.5. The third kappa shape index (κ3) is 4.18. The zero-order valence-corrected chi connectivity index (χ0v) is 16.6. The van der Waals surface area contributed by atoms with Crippen LogP contribution in [0.5, 0.6) is 0 Å². The number of rotatable bonds is 6. The van der Waals surface area contributed by atoms with E-state index >= 15 is 0 Å². The van der Waals surface area contributed by atoms with Gasteiger partial charge in [-0.25, -0.2) is 0 Å². The smallest absolute Gasteiger partial charge is 0.248 e. The molecule has 1 atom stereocenters. The first-order chi connectivity index (χ1) is 12.5. The molecule has 6 heteroatoms. The van der Waals surface area contributed by atoms with Gasteiger partial charge in [0, 0.05) is 43.5 Å². The van der Waals surface area contributed by atoms with Crippen LogP contribution in [0.3, 0.4) is 0 Å². The average molecular weight is 358 g/mol. The zero-order chi connectivity index (χ0) is 18.7. The summed E-state index contributed by atoms with van der Waals surface area (Å²) in [4.78, 5) is 9.46. The summed E-state index contributed by atoms with van der Waals surface area (Å²) in [7, 11) is 0. The summed E-state index contributed by atoms with van der Waals surface area (Å²) in [6, 6.07) is 6.61. The minimum atomic E-state index is -0.0207. The molecule has 2 heterocycles. The van der Waals surface area contributed by atoms with Crippen molar-refractivity contribution in [2.75, 3.05) is 42.9 Å². The lowest BCUT2D eigenvalue weighted by molar-refractivity contribution is 0.271. The Morgan fingerprint density at radius 1 is 1.15 bits per heavy atom. The molecular weight excluding hydrogens is 326 g/mol. The summed E-state index contributed by atoms with van der Waals surface area (Å²) >= 11 is 0. The highest BCUT2D eigenvalue weighted by Crippen LogP contribution is 2.27. The van der Waals surface area contributed by atoms with E-state index in [0.717, 1.165) is 44.2 Å². The third-order valence-electron chi connectivity index (χ3n) is 5.11. The Balaban J connectivity index is 1.65. The van der Waals surface area contributed by atoms with Crippen LogP contribution in [0.2, 0.25) is 0 Å². The first-order valence-electron chi connectivity index (χ1n) is 9.66. The molecule has 1 saturated heterocycles. The molecule has 0 bridgehead atoms. The molecule has 1 fully saturated rings. The van der Waals surface area contributed by atoms with Crippen LogP contribution in [0.4, 0.5) is 11.4 Å². The fourth-order valence-corrected chi connectivity index (χ4v) is 3.28. The van der Waals surface area contributed by atoms with Crippen molar-refractivity contribution in [2.24, 2.45) is 0 Å². The maximum absolute atomic E-state index is 5.40. The Kier molecular flexibility index (Phi) is 5.81. The number of benzene rings is 1. The molecule has 1 aromatic heterocycles. The zero-order valence-electron chi connectivity index (χ0n) is 16.6. The monoisotopic (exact) mass is 357 g/mol.